The first kappa shape index (κ1) is 5.72. The van der Waals surface area contributed by atoms with Gasteiger partial charge in [0.05, 0.1) is 0 Å². The van der Waals surface area contributed by atoms with E-state index in [1.807, 2.05) is 0 Å². The summed E-state index contributed by atoms with van der Waals surface area (Å²) in [5, 5.41) is 0. The molecule has 2 fully saturated rings. The van der Waals surface area contributed by atoms with Gasteiger partial charge in [0.2, 0.25) is 0 Å². The Bertz CT molecular complexity index is 133. The van der Waals surface area contributed by atoms with Crippen molar-refractivity contribution >= 4 is 0 Å². The van der Waals surface area contributed by atoms with E-state index in [9.17, 15) is 0 Å². The van der Waals surface area contributed by atoms with E-state index in [4.69, 9.17) is 0 Å². The van der Waals surface area contributed by atoms with Gasteiger partial charge in [0, 0.05) is 13.1 Å². The number of hydrogen-bond donors (Lipinski definition) is 0. The fraction of sp³-hybridized carbons (Fsp3) is 1.00. The summed E-state index contributed by atoms with van der Waals surface area (Å²) in [5.74, 6) is 1.07. The Morgan fingerprint density at radius 1 is 1.67 bits per heavy atom. The highest BCUT2D eigenvalue weighted by molar-refractivity contribution is 5.06. The van der Waals surface area contributed by atoms with E-state index in [0.717, 1.165) is 11.3 Å². The molecule has 0 N–H and O–H groups in total. The van der Waals surface area contributed by atoms with E-state index < -0.39 is 0 Å². The van der Waals surface area contributed by atoms with Crippen LogP contribution in [-0.2, 0) is 0 Å². The fourth-order valence-electron chi connectivity index (χ4n) is 2.11. The second-order valence-corrected chi connectivity index (χ2v) is 3.88. The Morgan fingerprint density at radius 2 is 2.44 bits per heavy atom. The van der Waals surface area contributed by atoms with Crippen LogP contribution in [0.2, 0.25) is 0 Å². The highest BCUT2D eigenvalue weighted by atomic mass is 15.2. The van der Waals surface area contributed by atoms with Gasteiger partial charge >= 0.3 is 0 Å². The SMILES string of the molecule is CCN1CC2CC2(C)C1. The van der Waals surface area contributed by atoms with Gasteiger partial charge in [0.25, 0.3) is 0 Å². The summed E-state index contributed by atoms with van der Waals surface area (Å²) in [7, 11) is 0. The number of likely N-dealkylation sites (tertiary alicyclic amines) is 1. The average Bonchev–Trinajstić information content (AvgIpc) is 2.33. The van der Waals surface area contributed by atoms with Crippen molar-refractivity contribution in [3.05, 3.63) is 0 Å². The lowest BCUT2D eigenvalue weighted by Crippen LogP contribution is -2.23. The van der Waals surface area contributed by atoms with Gasteiger partial charge in [0.15, 0.2) is 0 Å². The van der Waals surface area contributed by atoms with Crippen LogP contribution in [0.4, 0.5) is 0 Å². The molecular formula is C8H15N. The number of fused-ring (bicyclic) bond motifs is 1. The Hall–Kier alpha value is -0.0400. The topological polar surface area (TPSA) is 3.24 Å². The zero-order valence-electron chi connectivity index (χ0n) is 6.35. The minimum absolute atomic E-state index is 0.760. The van der Waals surface area contributed by atoms with Crippen molar-refractivity contribution in [3.63, 3.8) is 0 Å². The highest BCUT2D eigenvalue weighted by Crippen LogP contribution is 2.56. The lowest BCUT2D eigenvalue weighted by atomic mass is 10.1. The molecule has 2 aliphatic rings. The van der Waals surface area contributed by atoms with Crippen LogP contribution in [0, 0.1) is 11.3 Å². The highest BCUT2D eigenvalue weighted by Gasteiger charge is 2.55. The third-order valence-corrected chi connectivity index (χ3v) is 3.05. The molecule has 2 unspecified atom stereocenters. The molecule has 2 rings (SSSR count). The number of piperidine rings is 1. The number of rotatable bonds is 1. The van der Waals surface area contributed by atoms with Crippen LogP contribution in [0.25, 0.3) is 0 Å². The molecule has 1 heteroatoms. The molecule has 9 heavy (non-hydrogen) atoms. The molecule has 1 nitrogen and oxygen atoms in total. The van der Waals surface area contributed by atoms with E-state index >= 15 is 0 Å². The monoisotopic (exact) mass is 125 g/mol. The Kier molecular flexibility index (Phi) is 0.963. The Balaban J connectivity index is 1.98. The van der Waals surface area contributed by atoms with E-state index in [2.05, 4.69) is 18.7 Å². The van der Waals surface area contributed by atoms with Crippen molar-refractivity contribution in [1.82, 2.24) is 4.90 Å². The van der Waals surface area contributed by atoms with Crippen molar-refractivity contribution in [3.8, 4) is 0 Å². The zero-order chi connectivity index (χ0) is 6.48. The van der Waals surface area contributed by atoms with E-state index in [0.29, 0.717) is 0 Å². The maximum atomic E-state index is 2.56. The van der Waals surface area contributed by atoms with Crippen LogP contribution in [0.3, 0.4) is 0 Å². The van der Waals surface area contributed by atoms with E-state index in [-0.39, 0.29) is 0 Å². The summed E-state index contributed by atoms with van der Waals surface area (Å²) in [4.78, 5) is 2.56. The van der Waals surface area contributed by atoms with E-state index in [1.165, 1.54) is 26.1 Å². The van der Waals surface area contributed by atoms with Gasteiger partial charge in [-0.05, 0) is 24.3 Å². The first-order chi connectivity index (χ1) is 4.24. The second kappa shape index (κ2) is 1.51. The van der Waals surface area contributed by atoms with Gasteiger partial charge in [-0.3, -0.25) is 0 Å². The molecule has 52 valence electrons. The van der Waals surface area contributed by atoms with Crippen molar-refractivity contribution in [2.75, 3.05) is 19.6 Å². The maximum absolute atomic E-state index is 2.56. The smallest absolute Gasteiger partial charge is 0.00386 e. The molecule has 1 heterocycles. The molecule has 0 aromatic rings. The Morgan fingerprint density at radius 3 is 2.78 bits per heavy atom. The molecule has 1 aliphatic carbocycles. The molecule has 1 aliphatic heterocycles. The summed E-state index contributed by atoms with van der Waals surface area (Å²) >= 11 is 0. The second-order valence-electron chi connectivity index (χ2n) is 3.88. The lowest BCUT2D eigenvalue weighted by Gasteiger charge is -2.15. The largest absolute Gasteiger partial charge is 0.303 e. The standard InChI is InChI=1S/C8H15N/c1-3-9-5-7-4-8(7,2)6-9/h7H,3-6H2,1-2H3. The third-order valence-electron chi connectivity index (χ3n) is 3.05. The van der Waals surface area contributed by atoms with Crippen molar-refractivity contribution in [2.45, 2.75) is 20.3 Å². The predicted molar refractivity (Wildman–Crippen MR) is 38.3 cm³/mol. The molecule has 1 saturated heterocycles. The summed E-state index contributed by atoms with van der Waals surface area (Å²) in [6, 6.07) is 0. The summed E-state index contributed by atoms with van der Waals surface area (Å²) < 4.78 is 0. The molecule has 1 saturated carbocycles. The zero-order valence-corrected chi connectivity index (χ0v) is 6.35. The maximum Gasteiger partial charge on any atom is 0.00386 e. The minimum Gasteiger partial charge on any atom is -0.303 e. The molecule has 0 radical (unpaired) electrons. The van der Waals surface area contributed by atoms with Crippen LogP contribution in [0.1, 0.15) is 20.3 Å². The van der Waals surface area contributed by atoms with Crippen LogP contribution in [0.5, 0.6) is 0 Å². The Labute approximate surface area is 57.0 Å². The predicted octanol–water partition coefficient (Wildman–Crippen LogP) is 1.35. The van der Waals surface area contributed by atoms with Gasteiger partial charge < -0.3 is 4.90 Å². The van der Waals surface area contributed by atoms with Crippen LogP contribution >= 0.6 is 0 Å². The van der Waals surface area contributed by atoms with Gasteiger partial charge in [0.1, 0.15) is 0 Å². The van der Waals surface area contributed by atoms with Gasteiger partial charge in [-0.25, -0.2) is 0 Å². The molecule has 0 amide bonds. The number of nitrogens with zero attached hydrogens (tertiary/aromatic N) is 1. The first-order valence-electron chi connectivity index (χ1n) is 3.97. The van der Waals surface area contributed by atoms with Gasteiger partial charge in [-0.1, -0.05) is 13.8 Å². The van der Waals surface area contributed by atoms with Crippen molar-refractivity contribution in [2.24, 2.45) is 11.3 Å². The molecular weight excluding hydrogens is 110 g/mol. The van der Waals surface area contributed by atoms with Crippen molar-refractivity contribution in [1.29, 1.82) is 0 Å². The molecule has 0 spiro atoms. The normalized spacial score (nSPS) is 49.3. The first-order valence-corrected chi connectivity index (χ1v) is 3.97. The van der Waals surface area contributed by atoms with E-state index in [1.54, 1.807) is 0 Å². The van der Waals surface area contributed by atoms with Crippen LogP contribution in [-0.4, -0.2) is 24.5 Å². The quantitative estimate of drug-likeness (QED) is 0.511. The molecule has 0 bridgehead atoms. The molecule has 2 atom stereocenters. The average molecular weight is 125 g/mol. The molecule has 0 aromatic heterocycles. The summed E-state index contributed by atoms with van der Waals surface area (Å²) in [6.07, 6.45) is 1.50. The van der Waals surface area contributed by atoms with Gasteiger partial charge in [-0.15, -0.1) is 0 Å². The number of hydrogen-bond acceptors (Lipinski definition) is 1. The third kappa shape index (κ3) is 0.710. The lowest BCUT2D eigenvalue weighted by molar-refractivity contribution is 0.301. The van der Waals surface area contributed by atoms with Crippen molar-refractivity contribution < 1.29 is 0 Å². The van der Waals surface area contributed by atoms with Crippen LogP contribution < -0.4 is 0 Å². The summed E-state index contributed by atoms with van der Waals surface area (Å²) in [5.41, 5.74) is 0.760. The molecule has 0 aromatic carbocycles. The fourth-order valence-corrected chi connectivity index (χ4v) is 2.11. The minimum atomic E-state index is 0.760. The van der Waals surface area contributed by atoms with Crippen LogP contribution in [0.15, 0.2) is 0 Å². The summed E-state index contributed by atoms with van der Waals surface area (Å²) in [6.45, 7) is 8.69. The van der Waals surface area contributed by atoms with Gasteiger partial charge in [-0.2, -0.15) is 0 Å².